The van der Waals surface area contributed by atoms with Crippen LogP contribution in [0.5, 0.6) is 0 Å². The molecule has 0 aliphatic carbocycles. The van der Waals surface area contributed by atoms with Crippen LogP contribution in [0.4, 0.5) is 0 Å². The van der Waals surface area contributed by atoms with Crippen LogP contribution < -0.4 is 5.32 Å². The number of benzene rings is 1. The fourth-order valence-corrected chi connectivity index (χ4v) is 4.56. The third-order valence-electron chi connectivity index (χ3n) is 3.38. The number of nitrogens with zero attached hydrogens (tertiary/aromatic N) is 1. The second-order valence-corrected chi connectivity index (χ2v) is 7.10. The molecular formula is C14H18N2S2. The largest absolute Gasteiger partial charge is 0.314 e. The van der Waals surface area contributed by atoms with Crippen molar-refractivity contribution in [3.05, 3.63) is 24.3 Å². The average Bonchev–Trinajstić information content (AvgIpc) is 2.82. The molecule has 1 aromatic heterocycles. The summed E-state index contributed by atoms with van der Waals surface area (Å²) < 4.78 is 2.52. The van der Waals surface area contributed by atoms with Gasteiger partial charge in [0.25, 0.3) is 0 Å². The predicted molar refractivity (Wildman–Crippen MR) is 80.6 cm³/mol. The van der Waals surface area contributed by atoms with Crippen LogP contribution in [0.3, 0.4) is 0 Å². The van der Waals surface area contributed by atoms with E-state index in [1.54, 1.807) is 0 Å². The van der Waals surface area contributed by atoms with E-state index in [0.717, 1.165) is 11.6 Å². The minimum absolute atomic E-state index is 0.737. The minimum Gasteiger partial charge on any atom is -0.314 e. The molecule has 1 aromatic carbocycles. The van der Waals surface area contributed by atoms with Crippen molar-refractivity contribution in [3.8, 4) is 0 Å². The molecule has 1 N–H and O–H groups in total. The fourth-order valence-electron chi connectivity index (χ4n) is 2.37. The molecule has 0 radical (unpaired) electrons. The number of hydrogen-bond donors (Lipinski definition) is 1. The molecule has 96 valence electrons. The van der Waals surface area contributed by atoms with E-state index in [1.165, 1.54) is 47.0 Å². The fraction of sp³-hybridized carbons (Fsp3) is 0.500. The zero-order chi connectivity index (χ0) is 12.2. The van der Waals surface area contributed by atoms with Crippen LogP contribution in [-0.2, 0) is 0 Å². The van der Waals surface area contributed by atoms with E-state index in [-0.39, 0.29) is 0 Å². The highest BCUT2D eigenvalue weighted by Crippen LogP contribution is 2.30. The topological polar surface area (TPSA) is 24.9 Å². The number of aromatic nitrogens is 1. The maximum Gasteiger partial charge on any atom is 0.151 e. The van der Waals surface area contributed by atoms with Gasteiger partial charge in [-0.05, 0) is 37.9 Å². The van der Waals surface area contributed by atoms with Gasteiger partial charge < -0.3 is 5.32 Å². The molecule has 2 heterocycles. The number of piperidine rings is 1. The number of thiazole rings is 1. The van der Waals surface area contributed by atoms with Crippen molar-refractivity contribution in [1.29, 1.82) is 0 Å². The predicted octanol–water partition coefficient (Wildman–Crippen LogP) is 3.92. The second kappa shape index (κ2) is 6.04. The van der Waals surface area contributed by atoms with Gasteiger partial charge in [0.2, 0.25) is 0 Å². The lowest BCUT2D eigenvalue weighted by Crippen LogP contribution is -2.34. The Bertz CT molecular complexity index is 470. The van der Waals surface area contributed by atoms with Crippen LogP contribution in [-0.4, -0.2) is 23.3 Å². The molecule has 3 rings (SSSR count). The summed E-state index contributed by atoms with van der Waals surface area (Å²) in [6.07, 6.45) is 5.35. The van der Waals surface area contributed by atoms with Crippen molar-refractivity contribution in [2.75, 3.05) is 12.3 Å². The Labute approximate surface area is 116 Å². The summed E-state index contributed by atoms with van der Waals surface area (Å²) in [5.41, 5.74) is 1.14. The Balaban J connectivity index is 1.53. The van der Waals surface area contributed by atoms with Crippen molar-refractivity contribution in [2.45, 2.75) is 36.1 Å². The lowest BCUT2D eigenvalue weighted by atomic mass is 10.0. The van der Waals surface area contributed by atoms with Crippen LogP contribution >= 0.6 is 23.1 Å². The van der Waals surface area contributed by atoms with E-state index >= 15 is 0 Å². The van der Waals surface area contributed by atoms with Crippen LogP contribution in [0.25, 0.3) is 10.2 Å². The smallest absolute Gasteiger partial charge is 0.151 e. The molecule has 2 nitrogen and oxygen atoms in total. The van der Waals surface area contributed by atoms with Crippen molar-refractivity contribution in [3.63, 3.8) is 0 Å². The number of nitrogens with one attached hydrogen (secondary N) is 1. The Morgan fingerprint density at radius 1 is 1.33 bits per heavy atom. The molecule has 0 amide bonds. The van der Waals surface area contributed by atoms with E-state index in [1.807, 2.05) is 23.1 Å². The van der Waals surface area contributed by atoms with Gasteiger partial charge in [-0.25, -0.2) is 4.98 Å². The van der Waals surface area contributed by atoms with Crippen LogP contribution in [0.1, 0.15) is 25.7 Å². The van der Waals surface area contributed by atoms with E-state index < -0.39 is 0 Å². The monoisotopic (exact) mass is 278 g/mol. The molecule has 2 aromatic rings. The van der Waals surface area contributed by atoms with Gasteiger partial charge in [0, 0.05) is 11.8 Å². The number of rotatable bonds is 4. The molecule has 1 aliphatic rings. The first-order valence-electron chi connectivity index (χ1n) is 6.63. The van der Waals surface area contributed by atoms with Gasteiger partial charge in [-0.1, -0.05) is 30.3 Å². The van der Waals surface area contributed by atoms with Gasteiger partial charge in [0.1, 0.15) is 0 Å². The molecule has 1 saturated heterocycles. The number of fused-ring (bicyclic) bond motifs is 1. The molecule has 0 spiro atoms. The summed E-state index contributed by atoms with van der Waals surface area (Å²) in [5, 5.41) is 3.60. The number of hydrogen-bond acceptors (Lipinski definition) is 4. The Kier molecular flexibility index (Phi) is 4.18. The van der Waals surface area contributed by atoms with Gasteiger partial charge in [-0.2, -0.15) is 0 Å². The maximum absolute atomic E-state index is 4.66. The highest BCUT2D eigenvalue weighted by Gasteiger charge is 2.12. The molecule has 1 atom stereocenters. The summed E-state index contributed by atoms with van der Waals surface area (Å²) in [7, 11) is 0. The van der Waals surface area contributed by atoms with Crippen molar-refractivity contribution in [1.82, 2.24) is 10.3 Å². The molecule has 1 fully saturated rings. The quantitative estimate of drug-likeness (QED) is 0.858. The zero-order valence-corrected chi connectivity index (χ0v) is 12.0. The van der Waals surface area contributed by atoms with Crippen LogP contribution in [0.2, 0.25) is 0 Å². The third kappa shape index (κ3) is 3.05. The Morgan fingerprint density at radius 3 is 3.11 bits per heavy atom. The Hall–Kier alpha value is -0.580. The lowest BCUT2D eigenvalue weighted by Gasteiger charge is -2.22. The average molecular weight is 278 g/mol. The normalized spacial score (nSPS) is 20.3. The van der Waals surface area contributed by atoms with Crippen molar-refractivity contribution < 1.29 is 0 Å². The van der Waals surface area contributed by atoms with Gasteiger partial charge in [0.15, 0.2) is 4.34 Å². The van der Waals surface area contributed by atoms with Gasteiger partial charge in [0.05, 0.1) is 10.2 Å². The van der Waals surface area contributed by atoms with Gasteiger partial charge in [-0.3, -0.25) is 0 Å². The molecule has 1 unspecified atom stereocenters. The summed E-state index contributed by atoms with van der Waals surface area (Å²) in [5.74, 6) is 1.18. The first-order chi connectivity index (χ1) is 8.92. The van der Waals surface area contributed by atoms with Crippen molar-refractivity contribution >= 4 is 33.3 Å². The molecule has 0 bridgehead atoms. The van der Waals surface area contributed by atoms with E-state index in [2.05, 4.69) is 34.6 Å². The SMILES string of the molecule is c1ccc2sc(SCCC3CCCCN3)nc2c1. The summed E-state index contributed by atoms with van der Waals surface area (Å²) in [6, 6.07) is 9.13. The summed E-state index contributed by atoms with van der Waals surface area (Å²) >= 11 is 3.72. The van der Waals surface area contributed by atoms with E-state index in [4.69, 9.17) is 0 Å². The van der Waals surface area contributed by atoms with Gasteiger partial charge in [-0.15, -0.1) is 11.3 Å². The molecule has 1 aliphatic heterocycles. The van der Waals surface area contributed by atoms with E-state index in [0.29, 0.717) is 0 Å². The van der Waals surface area contributed by atoms with Crippen LogP contribution in [0, 0.1) is 0 Å². The van der Waals surface area contributed by atoms with Gasteiger partial charge >= 0.3 is 0 Å². The minimum atomic E-state index is 0.737. The number of para-hydroxylation sites is 1. The molecular weight excluding hydrogens is 260 g/mol. The second-order valence-electron chi connectivity index (χ2n) is 4.73. The summed E-state index contributed by atoms with van der Waals surface area (Å²) in [4.78, 5) is 4.66. The maximum atomic E-state index is 4.66. The highest BCUT2D eigenvalue weighted by molar-refractivity contribution is 8.01. The first-order valence-corrected chi connectivity index (χ1v) is 8.44. The molecule has 0 saturated carbocycles. The zero-order valence-electron chi connectivity index (χ0n) is 10.4. The van der Waals surface area contributed by atoms with Crippen LogP contribution in [0.15, 0.2) is 28.6 Å². The summed E-state index contributed by atoms with van der Waals surface area (Å²) in [6.45, 7) is 1.20. The van der Waals surface area contributed by atoms with E-state index in [9.17, 15) is 0 Å². The molecule has 18 heavy (non-hydrogen) atoms. The number of thioether (sulfide) groups is 1. The molecule has 4 heteroatoms. The lowest BCUT2D eigenvalue weighted by molar-refractivity contribution is 0.395. The Morgan fingerprint density at radius 2 is 2.28 bits per heavy atom. The first kappa shape index (κ1) is 12.5. The standard InChI is InChI=1S/C14H18N2S2/c1-2-7-13-12(6-1)16-14(18-13)17-10-8-11-5-3-4-9-15-11/h1-2,6-7,11,15H,3-5,8-10H2. The third-order valence-corrected chi connectivity index (χ3v) is 5.59. The van der Waals surface area contributed by atoms with Crippen molar-refractivity contribution in [2.24, 2.45) is 0 Å². The highest BCUT2D eigenvalue weighted by atomic mass is 32.2.